The largest absolute Gasteiger partial charge is 0.370 e. The van der Waals surface area contributed by atoms with Crippen LogP contribution in [0.2, 0.25) is 0 Å². The molecule has 0 aliphatic carbocycles. The Kier molecular flexibility index (Phi) is 5.02. The maximum Gasteiger partial charge on any atom is 0.222 e. The van der Waals surface area contributed by atoms with E-state index in [1.54, 1.807) is 0 Å². The van der Waals surface area contributed by atoms with Crippen LogP contribution in [0, 0.1) is 0 Å². The molecule has 2 heterocycles. The Morgan fingerprint density at radius 3 is 3.00 bits per heavy atom. The average Bonchev–Trinajstić information content (AvgIpc) is 2.97. The van der Waals surface area contributed by atoms with Crippen LogP contribution in [-0.4, -0.2) is 35.5 Å². The number of rotatable bonds is 6. The number of halogens is 1. The SMILES string of the molecule is O=C(CCF)NC[C@@H]1OCCc2cn(Cc3ccccc3)nc21. The molecule has 122 valence electrons. The Morgan fingerprint density at radius 2 is 2.22 bits per heavy atom. The first-order chi connectivity index (χ1) is 11.3. The number of ether oxygens (including phenoxy) is 1. The van der Waals surface area contributed by atoms with Crippen molar-refractivity contribution in [2.24, 2.45) is 0 Å². The number of carbonyl (C=O) groups is 1. The number of amides is 1. The second-order valence-electron chi connectivity index (χ2n) is 5.58. The average molecular weight is 317 g/mol. The van der Waals surface area contributed by atoms with Gasteiger partial charge in [0.25, 0.3) is 0 Å². The summed E-state index contributed by atoms with van der Waals surface area (Å²) >= 11 is 0. The van der Waals surface area contributed by atoms with Gasteiger partial charge < -0.3 is 10.1 Å². The fraction of sp³-hybridized carbons (Fsp3) is 0.412. The van der Waals surface area contributed by atoms with E-state index in [0.29, 0.717) is 19.7 Å². The zero-order chi connectivity index (χ0) is 16.1. The van der Waals surface area contributed by atoms with Gasteiger partial charge in [-0.3, -0.25) is 13.9 Å². The summed E-state index contributed by atoms with van der Waals surface area (Å²) in [6.45, 7) is 0.991. The number of aromatic nitrogens is 2. The lowest BCUT2D eigenvalue weighted by atomic mass is 10.1. The lowest BCUT2D eigenvalue weighted by molar-refractivity contribution is -0.122. The van der Waals surface area contributed by atoms with Crippen molar-refractivity contribution in [3.8, 4) is 0 Å². The first-order valence-corrected chi connectivity index (χ1v) is 7.80. The van der Waals surface area contributed by atoms with Crippen LogP contribution in [0.3, 0.4) is 0 Å². The number of nitrogens with one attached hydrogen (secondary N) is 1. The molecule has 0 spiro atoms. The number of nitrogens with zero attached hydrogens (tertiary/aromatic N) is 2. The van der Waals surface area contributed by atoms with Crippen molar-refractivity contribution in [2.45, 2.75) is 25.5 Å². The normalized spacial score (nSPS) is 16.8. The molecule has 1 amide bonds. The minimum absolute atomic E-state index is 0.109. The van der Waals surface area contributed by atoms with Crippen molar-refractivity contribution in [2.75, 3.05) is 19.8 Å². The van der Waals surface area contributed by atoms with Crippen LogP contribution in [0.25, 0.3) is 0 Å². The fourth-order valence-corrected chi connectivity index (χ4v) is 2.72. The second-order valence-corrected chi connectivity index (χ2v) is 5.58. The van der Waals surface area contributed by atoms with Gasteiger partial charge in [-0.15, -0.1) is 0 Å². The van der Waals surface area contributed by atoms with Crippen molar-refractivity contribution in [3.05, 3.63) is 53.3 Å². The van der Waals surface area contributed by atoms with E-state index in [2.05, 4.69) is 22.5 Å². The minimum atomic E-state index is -0.645. The summed E-state index contributed by atoms with van der Waals surface area (Å²) in [5, 5.41) is 7.32. The Balaban J connectivity index is 1.68. The molecule has 0 bridgehead atoms. The molecule has 0 fully saturated rings. The molecule has 23 heavy (non-hydrogen) atoms. The van der Waals surface area contributed by atoms with Crippen molar-refractivity contribution >= 4 is 5.91 Å². The second kappa shape index (κ2) is 7.37. The van der Waals surface area contributed by atoms with E-state index in [1.807, 2.05) is 29.1 Å². The molecule has 1 aliphatic rings. The van der Waals surface area contributed by atoms with Crippen molar-refractivity contribution < 1.29 is 13.9 Å². The molecule has 3 rings (SSSR count). The van der Waals surface area contributed by atoms with Crippen LogP contribution in [0.4, 0.5) is 4.39 Å². The monoisotopic (exact) mass is 317 g/mol. The quantitative estimate of drug-likeness (QED) is 0.887. The maximum atomic E-state index is 12.2. The number of hydrogen-bond acceptors (Lipinski definition) is 3. The van der Waals surface area contributed by atoms with Crippen LogP contribution in [0.15, 0.2) is 36.5 Å². The van der Waals surface area contributed by atoms with Gasteiger partial charge in [-0.1, -0.05) is 30.3 Å². The van der Waals surface area contributed by atoms with Crippen molar-refractivity contribution in [1.82, 2.24) is 15.1 Å². The van der Waals surface area contributed by atoms with Gasteiger partial charge in [0.05, 0.1) is 31.9 Å². The van der Waals surface area contributed by atoms with E-state index in [1.165, 1.54) is 5.56 Å². The summed E-state index contributed by atoms with van der Waals surface area (Å²) in [6.07, 6.45) is 2.49. The molecule has 5 nitrogen and oxygen atoms in total. The first kappa shape index (κ1) is 15.7. The molecule has 2 aromatic rings. The predicted molar refractivity (Wildman–Crippen MR) is 83.8 cm³/mol. The van der Waals surface area contributed by atoms with Crippen LogP contribution >= 0.6 is 0 Å². The smallest absolute Gasteiger partial charge is 0.222 e. The predicted octanol–water partition coefficient (Wildman–Crippen LogP) is 2.02. The highest BCUT2D eigenvalue weighted by molar-refractivity contribution is 5.75. The van der Waals surface area contributed by atoms with Crippen LogP contribution in [0.5, 0.6) is 0 Å². The lowest BCUT2D eigenvalue weighted by Crippen LogP contribution is -2.32. The Bertz CT molecular complexity index is 657. The topological polar surface area (TPSA) is 56.1 Å². The number of fused-ring (bicyclic) bond motifs is 1. The van der Waals surface area contributed by atoms with E-state index in [4.69, 9.17) is 4.74 Å². The summed E-state index contributed by atoms with van der Waals surface area (Å²) in [5.41, 5.74) is 3.20. The van der Waals surface area contributed by atoms with E-state index >= 15 is 0 Å². The molecule has 1 aromatic carbocycles. The third-order valence-electron chi connectivity index (χ3n) is 3.86. The number of carbonyl (C=O) groups excluding carboxylic acids is 1. The zero-order valence-corrected chi connectivity index (χ0v) is 12.9. The van der Waals surface area contributed by atoms with E-state index in [9.17, 15) is 9.18 Å². The number of hydrogen-bond donors (Lipinski definition) is 1. The highest BCUT2D eigenvalue weighted by Crippen LogP contribution is 2.25. The van der Waals surface area contributed by atoms with Gasteiger partial charge >= 0.3 is 0 Å². The molecule has 6 heteroatoms. The van der Waals surface area contributed by atoms with E-state index in [-0.39, 0.29) is 18.4 Å². The lowest BCUT2D eigenvalue weighted by Gasteiger charge is -2.22. The highest BCUT2D eigenvalue weighted by atomic mass is 19.1. The van der Waals surface area contributed by atoms with Gasteiger partial charge in [-0.05, 0) is 17.5 Å². The Hall–Kier alpha value is -2.21. The summed E-state index contributed by atoms with van der Waals surface area (Å²) in [7, 11) is 0. The molecule has 1 N–H and O–H groups in total. The maximum absolute atomic E-state index is 12.2. The number of benzene rings is 1. The highest BCUT2D eigenvalue weighted by Gasteiger charge is 2.25. The van der Waals surface area contributed by atoms with Gasteiger partial charge in [-0.2, -0.15) is 5.10 Å². The Labute approximate surface area is 134 Å². The van der Waals surface area contributed by atoms with Gasteiger partial charge in [0.1, 0.15) is 6.10 Å². The third kappa shape index (κ3) is 3.96. The van der Waals surface area contributed by atoms with Gasteiger partial charge in [0.2, 0.25) is 5.91 Å². The standard InChI is InChI=1S/C17H20FN3O2/c18-8-6-16(22)19-10-15-17-14(7-9-23-15)12-21(20-17)11-13-4-2-1-3-5-13/h1-5,12,15H,6-11H2,(H,19,22)/t15-/m0/s1. The van der Waals surface area contributed by atoms with Crippen molar-refractivity contribution in [3.63, 3.8) is 0 Å². The summed E-state index contributed by atoms with van der Waals surface area (Å²) in [6, 6.07) is 10.1. The van der Waals surface area contributed by atoms with Crippen molar-refractivity contribution in [1.29, 1.82) is 0 Å². The van der Waals surface area contributed by atoms with Gasteiger partial charge in [0, 0.05) is 12.7 Å². The summed E-state index contributed by atoms with van der Waals surface area (Å²) < 4.78 is 19.8. The van der Waals surface area contributed by atoms with Crippen LogP contribution < -0.4 is 5.32 Å². The molecule has 0 saturated carbocycles. The van der Waals surface area contributed by atoms with Gasteiger partial charge in [0.15, 0.2) is 0 Å². The van der Waals surface area contributed by atoms with Crippen LogP contribution in [0.1, 0.15) is 29.3 Å². The molecule has 0 radical (unpaired) electrons. The van der Waals surface area contributed by atoms with Gasteiger partial charge in [-0.25, -0.2) is 0 Å². The molecular weight excluding hydrogens is 297 g/mol. The fourth-order valence-electron chi connectivity index (χ4n) is 2.72. The molecular formula is C17H20FN3O2. The van der Waals surface area contributed by atoms with E-state index < -0.39 is 6.67 Å². The van der Waals surface area contributed by atoms with E-state index in [0.717, 1.165) is 17.7 Å². The third-order valence-corrected chi connectivity index (χ3v) is 3.86. The zero-order valence-electron chi connectivity index (χ0n) is 12.9. The molecule has 0 saturated heterocycles. The van der Waals surface area contributed by atoms with Crippen LogP contribution in [-0.2, 0) is 22.5 Å². The first-order valence-electron chi connectivity index (χ1n) is 7.80. The molecule has 1 atom stereocenters. The summed E-state index contributed by atoms with van der Waals surface area (Å²) in [4.78, 5) is 11.4. The molecule has 1 aliphatic heterocycles. The summed E-state index contributed by atoms with van der Waals surface area (Å²) in [5.74, 6) is -0.299. The molecule has 0 unspecified atom stereocenters. The Morgan fingerprint density at radius 1 is 1.39 bits per heavy atom. The number of alkyl halides is 1. The minimum Gasteiger partial charge on any atom is -0.370 e. The molecule has 1 aromatic heterocycles.